The Hall–Kier alpha value is -8.93. The molecule has 5 heteroatoms. The highest BCUT2D eigenvalue weighted by atomic mass is 15.2. The first-order chi connectivity index (χ1) is 36.0. The van der Waals surface area contributed by atoms with Gasteiger partial charge < -0.3 is 14.2 Å². The number of nitrogens with zero attached hydrogens (tertiary/aromatic N) is 5. The number of rotatable bonds is 6. The van der Waals surface area contributed by atoms with Crippen LogP contribution in [0.3, 0.4) is 0 Å². The van der Waals surface area contributed by atoms with Crippen LogP contribution in [-0.2, 0) is 10.8 Å². The fourth-order valence-corrected chi connectivity index (χ4v) is 12.4. The first-order valence-electron chi connectivity index (χ1n) is 26.0. The summed E-state index contributed by atoms with van der Waals surface area (Å²) in [6.45, 7) is 14.0. The largest absolute Gasteiger partial charge is 0.308 e. The van der Waals surface area contributed by atoms with E-state index in [2.05, 4.69) is 272 Å². The highest BCUT2D eigenvalue weighted by Gasteiger charge is 2.32. The zero-order valence-electron chi connectivity index (χ0n) is 42.4. The van der Waals surface area contributed by atoms with Crippen LogP contribution in [0.5, 0.6) is 0 Å². The Morgan fingerprint density at radius 2 is 0.716 bits per heavy atom. The topological polar surface area (TPSA) is 28.2 Å². The lowest BCUT2D eigenvalue weighted by Crippen LogP contribution is -2.15. The predicted octanol–water partition coefficient (Wildman–Crippen LogP) is 19.2. The van der Waals surface area contributed by atoms with E-state index in [4.69, 9.17) is 4.98 Å². The van der Waals surface area contributed by atoms with Crippen LogP contribution in [0.4, 0.5) is 34.1 Å². The maximum absolute atomic E-state index is 6.15. The summed E-state index contributed by atoms with van der Waals surface area (Å²) in [5, 5.41) is 13.3. The van der Waals surface area contributed by atoms with Gasteiger partial charge >= 0.3 is 0 Å². The second kappa shape index (κ2) is 15.3. The van der Waals surface area contributed by atoms with Crippen LogP contribution in [-0.4, -0.2) is 13.8 Å². The first kappa shape index (κ1) is 42.7. The molecule has 0 atom stereocenters. The number of hydrogen-bond donors (Lipinski definition) is 0. The molecule has 0 fully saturated rings. The van der Waals surface area contributed by atoms with Gasteiger partial charge in [0.1, 0.15) is 5.65 Å². The van der Waals surface area contributed by atoms with Gasteiger partial charge in [-0.2, -0.15) is 0 Å². The van der Waals surface area contributed by atoms with Crippen molar-refractivity contribution in [2.75, 3.05) is 9.80 Å². The molecule has 0 spiro atoms. The minimum absolute atomic E-state index is 0.125. The number of aromatic nitrogens is 3. The van der Waals surface area contributed by atoms with Crippen molar-refractivity contribution >= 4 is 132 Å². The van der Waals surface area contributed by atoms with Crippen molar-refractivity contribution in [1.29, 1.82) is 0 Å². The van der Waals surface area contributed by atoms with Gasteiger partial charge in [0.25, 0.3) is 0 Å². The average Bonchev–Trinajstić information content (AvgIpc) is 4.30. The van der Waals surface area contributed by atoms with Crippen molar-refractivity contribution in [1.82, 2.24) is 13.8 Å². The number of para-hydroxylation sites is 4. The van der Waals surface area contributed by atoms with E-state index in [0.29, 0.717) is 0 Å². The highest BCUT2D eigenvalue weighted by molar-refractivity contribution is 6.36. The molecule has 0 aliphatic heterocycles. The Morgan fingerprint density at radius 3 is 1.16 bits per heavy atom. The molecule has 354 valence electrons. The Morgan fingerprint density at radius 1 is 0.338 bits per heavy atom. The molecule has 0 saturated heterocycles. The van der Waals surface area contributed by atoms with Crippen LogP contribution in [0.1, 0.15) is 52.7 Å². The van der Waals surface area contributed by atoms with Crippen molar-refractivity contribution in [2.45, 2.75) is 52.4 Å². The monoisotopic (exact) mass is 951 g/mol. The van der Waals surface area contributed by atoms with Gasteiger partial charge in [0.2, 0.25) is 0 Å². The third-order valence-corrected chi connectivity index (χ3v) is 15.9. The normalized spacial score (nSPS) is 12.7. The number of anilines is 6. The number of pyridine rings is 1. The van der Waals surface area contributed by atoms with Crippen LogP contribution >= 0.6 is 0 Å². The van der Waals surface area contributed by atoms with Crippen LogP contribution in [0.25, 0.3) is 98.0 Å². The van der Waals surface area contributed by atoms with Gasteiger partial charge in [-0.05, 0) is 134 Å². The molecule has 15 rings (SSSR count). The molecule has 0 amide bonds. The SMILES string of the molecule is CC(C)(C)c1cc(N(c2ccccc2)c2ccccc2)c2c(c1)c1cc3ccccc3c3c4nc5c(cc4n2c13)c1c2ccccc2cc2c3cc(C(C)(C)C)cc(N(c4ccccc4)c4ccccc4)c3n5c21. The van der Waals surface area contributed by atoms with Crippen molar-refractivity contribution in [3.8, 4) is 0 Å². The Labute approximate surface area is 429 Å². The van der Waals surface area contributed by atoms with E-state index in [1.54, 1.807) is 0 Å². The third-order valence-electron chi connectivity index (χ3n) is 15.9. The molecule has 0 radical (unpaired) electrons. The number of fused-ring (bicyclic) bond motifs is 16. The second-order valence-electron chi connectivity index (χ2n) is 22.4. The minimum Gasteiger partial charge on any atom is -0.308 e. The van der Waals surface area contributed by atoms with Gasteiger partial charge in [0.15, 0.2) is 0 Å². The van der Waals surface area contributed by atoms with Crippen LogP contribution in [0.15, 0.2) is 212 Å². The summed E-state index contributed by atoms with van der Waals surface area (Å²) in [6, 6.07) is 78.6. The highest BCUT2D eigenvalue weighted by Crippen LogP contribution is 2.53. The molecule has 0 saturated carbocycles. The molecule has 10 aromatic carbocycles. The number of hydrogen-bond acceptors (Lipinski definition) is 3. The molecule has 74 heavy (non-hydrogen) atoms. The second-order valence-corrected chi connectivity index (χ2v) is 22.4. The van der Waals surface area contributed by atoms with Crippen LogP contribution < -0.4 is 9.80 Å². The van der Waals surface area contributed by atoms with E-state index in [-0.39, 0.29) is 10.8 Å². The standard InChI is InChI=1S/C69H53N5/c1-68(2,3)44-37-54-53-36-43-24-20-22-34-51(43)61-62-57(73(66(53)61)63(54)58(39-44)71(46-25-11-7-12-26-46)47-27-13-8-14-28-47)41-56-60-50-33-21-19-23-42(50)35-52-55-38-45(69(4,5)6)40-59(64(55)74(65(52)60)67(56)70-62)72(48-29-15-9-16-30-48)49-31-17-10-18-32-49/h7-41H,1-6H3. The van der Waals surface area contributed by atoms with E-state index in [9.17, 15) is 0 Å². The van der Waals surface area contributed by atoms with E-state index in [1.807, 2.05) is 0 Å². The Kier molecular flexibility index (Phi) is 8.83. The summed E-state index contributed by atoms with van der Waals surface area (Å²) in [6.07, 6.45) is 0. The zero-order chi connectivity index (χ0) is 49.8. The summed E-state index contributed by atoms with van der Waals surface area (Å²) < 4.78 is 5.11. The fraction of sp³-hybridized carbons (Fsp3) is 0.116. The zero-order valence-corrected chi connectivity index (χ0v) is 42.4. The fourth-order valence-electron chi connectivity index (χ4n) is 12.4. The maximum Gasteiger partial charge on any atom is 0.146 e. The van der Waals surface area contributed by atoms with Gasteiger partial charge in [0.05, 0.1) is 44.5 Å². The maximum atomic E-state index is 6.15. The molecule has 0 bridgehead atoms. The molecule has 0 unspecified atom stereocenters. The summed E-state index contributed by atoms with van der Waals surface area (Å²) in [7, 11) is 0. The van der Waals surface area contributed by atoms with E-state index < -0.39 is 0 Å². The molecule has 0 aliphatic rings. The van der Waals surface area contributed by atoms with E-state index in [0.717, 1.165) is 61.7 Å². The lowest BCUT2D eigenvalue weighted by molar-refractivity contribution is 0.591. The Balaban J connectivity index is 1.18. The summed E-state index contributed by atoms with van der Waals surface area (Å²) in [5.74, 6) is 0. The molecule has 5 heterocycles. The van der Waals surface area contributed by atoms with Crippen molar-refractivity contribution in [3.05, 3.63) is 223 Å². The average molecular weight is 952 g/mol. The number of benzene rings is 10. The lowest BCUT2D eigenvalue weighted by atomic mass is 9.85. The molecule has 15 aromatic rings. The smallest absolute Gasteiger partial charge is 0.146 e. The summed E-state index contributed by atoms with van der Waals surface area (Å²) >= 11 is 0. The van der Waals surface area contributed by atoms with Gasteiger partial charge in [0, 0.05) is 60.5 Å². The quantitative estimate of drug-likeness (QED) is 0.166. The van der Waals surface area contributed by atoms with Gasteiger partial charge in [-0.1, -0.05) is 163 Å². The van der Waals surface area contributed by atoms with Gasteiger partial charge in [-0.15, -0.1) is 0 Å². The van der Waals surface area contributed by atoms with Crippen LogP contribution in [0, 0.1) is 0 Å². The minimum atomic E-state index is -0.129. The lowest BCUT2D eigenvalue weighted by Gasteiger charge is -2.29. The molecular formula is C69H53N5. The molecular weight excluding hydrogens is 899 g/mol. The summed E-state index contributed by atoms with van der Waals surface area (Å²) in [5.41, 5.74) is 16.8. The first-order valence-corrected chi connectivity index (χ1v) is 26.0. The van der Waals surface area contributed by atoms with Crippen molar-refractivity contribution < 1.29 is 0 Å². The Bertz CT molecular complexity index is 4330. The van der Waals surface area contributed by atoms with Crippen molar-refractivity contribution in [3.63, 3.8) is 0 Å². The molecule has 5 nitrogen and oxygen atoms in total. The van der Waals surface area contributed by atoms with Gasteiger partial charge in [-0.3, -0.25) is 4.40 Å². The third kappa shape index (κ3) is 6.01. The van der Waals surface area contributed by atoms with Crippen LogP contribution in [0.2, 0.25) is 0 Å². The molecule has 5 aromatic heterocycles. The van der Waals surface area contributed by atoms with Crippen molar-refractivity contribution in [2.24, 2.45) is 0 Å². The van der Waals surface area contributed by atoms with E-state index >= 15 is 0 Å². The van der Waals surface area contributed by atoms with E-state index in [1.165, 1.54) is 81.5 Å². The van der Waals surface area contributed by atoms with Gasteiger partial charge in [-0.25, -0.2) is 4.98 Å². The summed E-state index contributed by atoms with van der Waals surface area (Å²) in [4.78, 5) is 11.1. The molecule has 0 aliphatic carbocycles. The predicted molar refractivity (Wildman–Crippen MR) is 315 cm³/mol. The molecule has 0 N–H and O–H groups in total.